The number of hydrogen-bond donors (Lipinski definition) is 0. The minimum atomic E-state index is -1.78. The zero-order valence-electron chi connectivity index (χ0n) is 5.32. The van der Waals surface area contributed by atoms with Gasteiger partial charge in [-0.3, -0.25) is 0 Å². The van der Waals surface area contributed by atoms with E-state index in [1.165, 1.54) is 6.92 Å². The maximum atomic E-state index is 12.8. The molecule has 0 radical (unpaired) electrons. The van der Waals surface area contributed by atoms with Gasteiger partial charge < -0.3 is 4.79 Å². The number of alkyl halides is 2. The number of aldehydes is 1. The molecule has 0 heterocycles. The Labute approximate surface area is 58.2 Å². The molecule has 1 aliphatic rings. The Hall–Kier alpha value is -0.110. The van der Waals surface area contributed by atoms with Gasteiger partial charge in [-0.2, -0.15) is 0 Å². The monoisotopic (exact) mass is 150 g/mol. The van der Waals surface area contributed by atoms with Gasteiger partial charge in [-0.15, -0.1) is 0 Å². The molecular weight excluding hydrogens is 143 g/mol. The fourth-order valence-corrected chi connectivity index (χ4v) is 1.32. The van der Waals surface area contributed by atoms with Crippen molar-refractivity contribution in [3.63, 3.8) is 0 Å². The van der Waals surface area contributed by atoms with Crippen LogP contribution >= 0.6 is 11.6 Å². The van der Waals surface area contributed by atoms with Crippen molar-refractivity contribution < 1.29 is 9.18 Å². The number of carbonyl (C=O) groups excluding carboxylic acids is 1. The van der Waals surface area contributed by atoms with Crippen LogP contribution in [0.1, 0.15) is 13.8 Å². The molecule has 1 fully saturated rings. The smallest absolute Gasteiger partial charge is 0.199 e. The van der Waals surface area contributed by atoms with Crippen molar-refractivity contribution in [3.8, 4) is 0 Å². The topological polar surface area (TPSA) is 17.1 Å². The summed E-state index contributed by atoms with van der Waals surface area (Å²) < 4.78 is 12.8. The first kappa shape index (κ1) is 7.00. The van der Waals surface area contributed by atoms with Gasteiger partial charge in [0.2, 0.25) is 0 Å². The zero-order chi connectivity index (χ0) is 7.28. The molecule has 0 aliphatic heterocycles. The summed E-state index contributed by atoms with van der Waals surface area (Å²) in [4.78, 5) is 10.2. The predicted molar refractivity (Wildman–Crippen MR) is 33.0 cm³/mol. The van der Waals surface area contributed by atoms with Crippen molar-refractivity contribution >= 4 is 17.9 Å². The normalized spacial score (nSPS) is 57.1. The summed E-state index contributed by atoms with van der Waals surface area (Å²) in [6, 6.07) is 0. The molecule has 1 aliphatic carbocycles. The lowest BCUT2D eigenvalue weighted by Crippen LogP contribution is -2.05. The van der Waals surface area contributed by atoms with Gasteiger partial charge in [-0.05, 0) is 6.92 Å². The van der Waals surface area contributed by atoms with Crippen LogP contribution in [0.3, 0.4) is 0 Å². The Morgan fingerprint density at radius 3 is 2.11 bits per heavy atom. The van der Waals surface area contributed by atoms with E-state index in [-0.39, 0.29) is 5.92 Å². The molecule has 0 aromatic heterocycles. The van der Waals surface area contributed by atoms with E-state index >= 15 is 0 Å². The highest BCUT2D eigenvalue weighted by molar-refractivity contribution is 6.27. The lowest BCUT2D eigenvalue weighted by molar-refractivity contribution is -0.112. The van der Waals surface area contributed by atoms with Gasteiger partial charge in [0.15, 0.2) is 5.13 Å². The second-order valence-electron chi connectivity index (χ2n) is 2.75. The number of hydrogen-bond acceptors (Lipinski definition) is 1. The lowest BCUT2D eigenvalue weighted by Gasteiger charge is -1.96. The van der Waals surface area contributed by atoms with Crippen LogP contribution in [0.4, 0.5) is 4.39 Å². The van der Waals surface area contributed by atoms with Crippen LogP contribution in [-0.4, -0.2) is 11.4 Å². The van der Waals surface area contributed by atoms with E-state index in [0.717, 1.165) is 0 Å². The van der Waals surface area contributed by atoms with Gasteiger partial charge in [0.1, 0.15) is 6.29 Å². The maximum Gasteiger partial charge on any atom is 0.199 e. The van der Waals surface area contributed by atoms with E-state index in [0.29, 0.717) is 6.29 Å². The molecule has 0 aromatic rings. The molecule has 1 nitrogen and oxygen atoms in total. The summed E-state index contributed by atoms with van der Waals surface area (Å²) in [6.45, 7) is 3.15. The molecule has 3 atom stereocenters. The van der Waals surface area contributed by atoms with Gasteiger partial charge in [-0.1, -0.05) is 18.5 Å². The van der Waals surface area contributed by atoms with Crippen LogP contribution in [0.2, 0.25) is 0 Å². The van der Waals surface area contributed by atoms with Crippen molar-refractivity contribution in [3.05, 3.63) is 0 Å². The number of rotatable bonds is 1. The highest BCUT2D eigenvalue weighted by atomic mass is 35.5. The first-order valence-electron chi connectivity index (χ1n) is 2.81. The fourth-order valence-electron chi connectivity index (χ4n) is 0.941. The molecular formula is C6H8ClFO. The van der Waals surface area contributed by atoms with Gasteiger partial charge in [0.05, 0.1) is 5.41 Å². The van der Waals surface area contributed by atoms with Crippen molar-refractivity contribution in [2.24, 2.45) is 11.3 Å². The van der Waals surface area contributed by atoms with Crippen LogP contribution in [-0.2, 0) is 4.79 Å². The minimum absolute atomic E-state index is 0.343. The molecule has 0 saturated heterocycles. The molecule has 0 N–H and O–H groups in total. The Morgan fingerprint density at radius 1 is 1.78 bits per heavy atom. The second-order valence-corrected chi connectivity index (χ2v) is 3.30. The number of halogens is 2. The van der Waals surface area contributed by atoms with E-state index in [1.54, 1.807) is 6.92 Å². The van der Waals surface area contributed by atoms with E-state index in [9.17, 15) is 9.18 Å². The van der Waals surface area contributed by atoms with Crippen molar-refractivity contribution in [1.29, 1.82) is 0 Å². The SMILES string of the molecule is CC1C(F)(Cl)C1(C)C=O. The average Bonchev–Trinajstić information content (AvgIpc) is 2.16. The summed E-state index contributed by atoms with van der Waals surface area (Å²) in [5.41, 5.74) is -0.936. The number of carbonyl (C=O) groups is 1. The van der Waals surface area contributed by atoms with Crippen molar-refractivity contribution in [1.82, 2.24) is 0 Å². The van der Waals surface area contributed by atoms with Gasteiger partial charge in [0, 0.05) is 5.92 Å². The summed E-state index contributed by atoms with van der Waals surface area (Å²) in [5.74, 6) is -0.343. The highest BCUT2D eigenvalue weighted by Gasteiger charge is 2.73. The molecule has 9 heavy (non-hydrogen) atoms. The lowest BCUT2D eigenvalue weighted by atomic mass is 10.1. The van der Waals surface area contributed by atoms with E-state index in [4.69, 9.17) is 11.6 Å². The Bertz CT molecular complexity index is 157. The van der Waals surface area contributed by atoms with Gasteiger partial charge >= 0.3 is 0 Å². The van der Waals surface area contributed by atoms with E-state index in [1.807, 2.05) is 0 Å². The summed E-state index contributed by atoms with van der Waals surface area (Å²) >= 11 is 5.30. The molecule has 3 heteroatoms. The molecule has 52 valence electrons. The standard InChI is InChI=1S/C6H8ClFO/c1-4-5(2,3-9)6(4,7)8/h3-4H,1-2H3. The third-order valence-electron chi connectivity index (χ3n) is 2.32. The van der Waals surface area contributed by atoms with E-state index < -0.39 is 10.5 Å². The Balaban J connectivity index is 2.81. The molecule has 1 rings (SSSR count). The third-order valence-corrected chi connectivity index (χ3v) is 3.06. The van der Waals surface area contributed by atoms with Crippen molar-refractivity contribution in [2.75, 3.05) is 0 Å². The molecule has 0 bridgehead atoms. The Morgan fingerprint density at radius 2 is 2.11 bits per heavy atom. The van der Waals surface area contributed by atoms with Gasteiger partial charge in [-0.25, -0.2) is 4.39 Å². The van der Waals surface area contributed by atoms with Gasteiger partial charge in [0.25, 0.3) is 0 Å². The van der Waals surface area contributed by atoms with Crippen LogP contribution in [0.15, 0.2) is 0 Å². The third kappa shape index (κ3) is 0.571. The van der Waals surface area contributed by atoms with Crippen LogP contribution in [0.5, 0.6) is 0 Å². The molecule has 1 saturated carbocycles. The first-order valence-corrected chi connectivity index (χ1v) is 3.19. The first-order chi connectivity index (χ1) is 3.97. The van der Waals surface area contributed by atoms with Crippen LogP contribution in [0, 0.1) is 11.3 Å². The highest BCUT2D eigenvalue weighted by Crippen LogP contribution is 2.65. The molecule has 3 unspecified atom stereocenters. The quantitative estimate of drug-likeness (QED) is 0.411. The summed E-state index contributed by atoms with van der Waals surface area (Å²) in [6.07, 6.45) is 0.588. The van der Waals surface area contributed by atoms with Crippen LogP contribution < -0.4 is 0 Å². The Kier molecular flexibility index (Phi) is 1.15. The largest absolute Gasteiger partial charge is 0.303 e. The van der Waals surface area contributed by atoms with Crippen LogP contribution in [0.25, 0.3) is 0 Å². The van der Waals surface area contributed by atoms with E-state index in [2.05, 4.69) is 0 Å². The predicted octanol–water partition coefficient (Wildman–Crippen LogP) is 1.75. The average molecular weight is 151 g/mol. The summed E-state index contributed by atoms with van der Waals surface area (Å²) in [5, 5.41) is -1.78. The van der Waals surface area contributed by atoms with Crippen molar-refractivity contribution in [2.45, 2.75) is 19.0 Å². The second kappa shape index (κ2) is 1.48. The minimum Gasteiger partial charge on any atom is -0.303 e. The molecule has 0 spiro atoms. The molecule has 0 amide bonds. The molecule has 0 aromatic carbocycles. The fraction of sp³-hybridized carbons (Fsp3) is 0.833. The zero-order valence-corrected chi connectivity index (χ0v) is 6.07. The maximum absolute atomic E-state index is 12.8. The summed E-state index contributed by atoms with van der Waals surface area (Å²) in [7, 11) is 0.